The Morgan fingerprint density at radius 3 is 1.08 bits per heavy atom. The molecule has 0 aliphatic heterocycles. The molecule has 0 aromatic heterocycles. The second-order valence-corrected chi connectivity index (χ2v) is 7.17. The fourth-order valence-electron chi connectivity index (χ4n) is 2.94. The number of aryl methyl sites for hydroxylation is 7. The van der Waals surface area contributed by atoms with Crippen LogP contribution in [0.2, 0.25) is 0 Å². The van der Waals surface area contributed by atoms with Crippen LogP contribution in [0.3, 0.4) is 0 Å². The molecular formula is C26H34. The van der Waals surface area contributed by atoms with E-state index < -0.39 is 0 Å². The van der Waals surface area contributed by atoms with Gasteiger partial charge in [-0.15, -0.1) is 0 Å². The van der Waals surface area contributed by atoms with Crippen LogP contribution in [0, 0.1) is 41.5 Å². The van der Waals surface area contributed by atoms with Crippen molar-refractivity contribution >= 4 is 0 Å². The summed E-state index contributed by atoms with van der Waals surface area (Å²) in [5.41, 5.74) is 9.52. The standard InChI is InChI=1S/2C9H12.C8H10/c1-7-4-8(2)6-9(3)5-7;1-3-9-6-4-5-8(2)7-9;1-7-4-3-5-8(2)6-7/h4-6H,1-3H3;4-7H,3H2,1-2H3;3-6H,1-2H3. The maximum Gasteiger partial charge on any atom is -0.0307 e. The van der Waals surface area contributed by atoms with E-state index in [0.29, 0.717) is 0 Å². The van der Waals surface area contributed by atoms with Crippen molar-refractivity contribution in [3.63, 3.8) is 0 Å². The van der Waals surface area contributed by atoms with Gasteiger partial charge in [-0.25, -0.2) is 0 Å². The van der Waals surface area contributed by atoms with Gasteiger partial charge in [0, 0.05) is 0 Å². The molecule has 3 aromatic carbocycles. The molecule has 0 aliphatic rings. The van der Waals surface area contributed by atoms with Crippen LogP contribution >= 0.6 is 0 Å². The van der Waals surface area contributed by atoms with Gasteiger partial charge in [0.15, 0.2) is 0 Å². The summed E-state index contributed by atoms with van der Waals surface area (Å²) in [6, 6.07) is 23.6. The fourth-order valence-corrected chi connectivity index (χ4v) is 2.94. The van der Waals surface area contributed by atoms with Crippen LogP contribution in [0.15, 0.2) is 66.7 Å². The van der Waals surface area contributed by atoms with Crippen molar-refractivity contribution in [2.45, 2.75) is 54.9 Å². The molecule has 0 N–H and O–H groups in total. The lowest BCUT2D eigenvalue weighted by Gasteiger charge is -1.96. The maximum atomic E-state index is 2.22. The van der Waals surface area contributed by atoms with E-state index in [-0.39, 0.29) is 0 Å². The van der Waals surface area contributed by atoms with Crippen molar-refractivity contribution in [1.82, 2.24) is 0 Å². The topological polar surface area (TPSA) is 0 Å². The lowest BCUT2D eigenvalue weighted by Crippen LogP contribution is -1.78. The Kier molecular flexibility index (Phi) is 9.44. The average molecular weight is 347 g/mol. The molecule has 0 saturated carbocycles. The van der Waals surface area contributed by atoms with Gasteiger partial charge in [-0.05, 0) is 53.5 Å². The van der Waals surface area contributed by atoms with Crippen LogP contribution < -0.4 is 0 Å². The molecule has 0 aliphatic carbocycles. The van der Waals surface area contributed by atoms with Gasteiger partial charge in [0.05, 0.1) is 0 Å². The number of rotatable bonds is 1. The maximum absolute atomic E-state index is 2.22. The fraction of sp³-hybridized carbons (Fsp3) is 0.308. The van der Waals surface area contributed by atoms with Crippen LogP contribution in [-0.2, 0) is 6.42 Å². The Morgan fingerprint density at radius 2 is 0.808 bits per heavy atom. The minimum absolute atomic E-state index is 1.14. The predicted molar refractivity (Wildman–Crippen MR) is 117 cm³/mol. The van der Waals surface area contributed by atoms with Gasteiger partial charge in [0.1, 0.15) is 0 Å². The smallest absolute Gasteiger partial charge is 0.0307 e. The number of hydrogen-bond donors (Lipinski definition) is 0. The van der Waals surface area contributed by atoms with Gasteiger partial charge in [-0.2, -0.15) is 0 Å². The predicted octanol–water partition coefficient (Wildman–Crippen LogP) is 7.47. The first kappa shape index (κ1) is 21.7. The van der Waals surface area contributed by atoms with Crippen LogP contribution in [-0.4, -0.2) is 0 Å². The normalized spacial score (nSPS) is 9.50. The molecule has 3 rings (SSSR count). The SMILES string of the molecule is CCc1cccc(C)c1.Cc1cc(C)cc(C)c1.Cc1cccc(C)c1. The highest BCUT2D eigenvalue weighted by molar-refractivity contribution is 5.27. The van der Waals surface area contributed by atoms with Crippen molar-refractivity contribution in [2.75, 3.05) is 0 Å². The summed E-state index contributed by atoms with van der Waals surface area (Å²) in [5, 5.41) is 0. The molecule has 26 heavy (non-hydrogen) atoms. The van der Waals surface area contributed by atoms with Gasteiger partial charge < -0.3 is 0 Å². The van der Waals surface area contributed by atoms with E-state index in [0.717, 1.165) is 6.42 Å². The molecule has 0 heterocycles. The second kappa shape index (κ2) is 11.3. The lowest BCUT2D eigenvalue weighted by atomic mass is 10.1. The Morgan fingerprint density at radius 1 is 0.462 bits per heavy atom. The molecule has 0 nitrogen and oxygen atoms in total. The number of benzene rings is 3. The molecular weight excluding hydrogens is 312 g/mol. The van der Waals surface area contributed by atoms with Crippen molar-refractivity contribution in [1.29, 1.82) is 0 Å². The van der Waals surface area contributed by atoms with E-state index in [4.69, 9.17) is 0 Å². The lowest BCUT2D eigenvalue weighted by molar-refractivity contribution is 1.13. The summed E-state index contributed by atoms with van der Waals surface area (Å²) in [6.45, 7) is 14.9. The van der Waals surface area contributed by atoms with Crippen LogP contribution in [0.25, 0.3) is 0 Å². The van der Waals surface area contributed by atoms with Crippen LogP contribution in [0.5, 0.6) is 0 Å². The Balaban J connectivity index is 0.000000195. The van der Waals surface area contributed by atoms with Crippen LogP contribution in [0.1, 0.15) is 45.9 Å². The zero-order chi connectivity index (χ0) is 19.5. The molecule has 0 bridgehead atoms. The van der Waals surface area contributed by atoms with E-state index in [1.807, 2.05) is 0 Å². The van der Waals surface area contributed by atoms with Gasteiger partial charge in [-0.3, -0.25) is 0 Å². The molecule has 0 spiro atoms. The Labute approximate surface area is 160 Å². The summed E-state index contributed by atoms with van der Waals surface area (Å²) in [5.74, 6) is 0. The largest absolute Gasteiger partial charge is 0.0617 e. The monoisotopic (exact) mass is 346 g/mol. The number of hydrogen-bond acceptors (Lipinski definition) is 0. The third-order valence-corrected chi connectivity index (χ3v) is 4.03. The Hall–Kier alpha value is -2.34. The third kappa shape index (κ3) is 9.22. The highest BCUT2D eigenvalue weighted by Crippen LogP contribution is 2.06. The van der Waals surface area contributed by atoms with E-state index in [1.165, 1.54) is 38.9 Å². The van der Waals surface area contributed by atoms with Crippen molar-refractivity contribution in [3.8, 4) is 0 Å². The first-order valence-corrected chi connectivity index (χ1v) is 9.44. The zero-order valence-corrected chi connectivity index (χ0v) is 17.6. The molecule has 0 radical (unpaired) electrons. The van der Waals surface area contributed by atoms with Crippen molar-refractivity contribution in [2.24, 2.45) is 0 Å². The third-order valence-electron chi connectivity index (χ3n) is 4.03. The van der Waals surface area contributed by atoms with Crippen LogP contribution in [0.4, 0.5) is 0 Å². The first-order chi connectivity index (χ1) is 12.3. The summed E-state index contributed by atoms with van der Waals surface area (Å²) in [6.07, 6.45) is 1.14. The summed E-state index contributed by atoms with van der Waals surface area (Å²) < 4.78 is 0. The summed E-state index contributed by atoms with van der Waals surface area (Å²) >= 11 is 0. The van der Waals surface area contributed by atoms with Crippen molar-refractivity contribution < 1.29 is 0 Å². The zero-order valence-electron chi connectivity index (χ0n) is 17.6. The highest BCUT2D eigenvalue weighted by Gasteiger charge is 1.87. The van der Waals surface area contributed by atoms with E-state index >= 15 is 0 Å². The van der Waals surface area contributed by atoms with Gasteiger partial charge in [-0.1, -0.05) is 107 Å². The average Bonchev–Trinajstić information content (AvgIpc) is 2.54. The molecule has 0 atom stereocenters. The molecule has 0 unspecified atom stereocenters. The molecule has 3 aromatic rings. The molecule has 0 saturated heterocycles. The Bertz CT molecular complexity index is 729. The van der Waals surface area contributed by atoms with Gasteiger partial charge in [0.25, 0.3) is 0 Å². The van der Waals surface area contributed by atoms with E-state index in [9.17, 15) is 0 Å². The molecule has 0 fully saturated rings. The molecule has 0 amide bonds. The minimum Gasteiger partial charge on any atom is -0.0617 e. The van der Waals surface area contributed by atoms with Crippen molar-refractivity contribution in [3.05, 3.63) is 106 Å². The molecule has 138 valence electrons. The van der Waals surface area contributed by atoms with Gasteiger partial charge >= 0.3 is 0 Å². The quantitative estimate of drug-likeness (QED) is 0.428. The van der Waals surface area contributed by atoms with E-state index in [1.54, 1.807) is 0 Å². The second-order valence-electron chi connectivity index (χ2n) is 7.17. The first-order valence-electron chi connectivity index (χ1n) is 9.44. The minimum atomic E-state index is 1.14. The molecule has 0 heteroatoms. The summed E-state index contributed by atoms with van der Waals surface area (Å²) in [7, 11) is 0. The highest BCUT2D eigenvalue weighted by atomic mass is 13.9. The van der Waals surface area contributed by atoms with Gasteiger partial charge in [0.2, 0.25) is 0 Å². The van der Waals surface area contributed by atoms with E-state index in [2.05, 4.69) is 115 Å². The summed E-state index contributed by atoms with van der Waals surface area (Å²) in [4.78, 5) is 0.